The van der Waals surface area contributed by atoms with Crippen LogP contribution in [0.2, 0.25) is 0 Å². The van der Waals surface area contributed by atoms with Crippen molar-refractivity contribution >= 4 is 11.8 Å². The van der Waals surface area contributed by atoms with E-state index in [2.05, 4.69) is 37.4 Å². The largest absolute Gasteiger partial charge is 0.497 e. The van der Waals surface area contributed by atoms with Gasteiger partial charge in [0.05, 0.1) is 7.11 Å². The summed E-state index contributed by atoms with van der Waals surface area (Å²) in [5, 5.41) is 3.66. The van der Waals surface area contributed by atoms with E-state index in [0.717, 1.165) is 12.3 Å². The van der Waals surface area contributed by atoms with Crippen LogP contribution in [0.4, 0.5) is 0 Å². The Morgan fingerprint density at radius 2 is 2.29 bits per heavy atom. The van der Waals surface area contributed by atoms with E-state index in [-0.39, 0.29) is 0 Å². The molecule has 0 fully saturated rings. The molecule has 1 aromatic rings. The molecule has 0 saturated heterocycles. The predicted octanol–water partition coefficient (Wildman–Crippen LogP) is 3.48. The molecule has 2 unspecified atom stereocenters. The topological polar surface area (TPSA) is 21.3 Å². The van der Waals surface area contributed by atoms with Crippen molar-refractivity contribution in [3.63, 3.8) is 0 Å². The van der Waals surface area contributed by atoms with Crippen LogP contribution in [-0.4, -0.2) is 19.4 Å². The van der Waals surface area contributed by atoms with Gasteiger partial charge in [-0.3, -0.25) is 0 Å². The van der Waals surface area contributed by atoms with Crippen molar-refractivity contribution in [3.05, 3.63) is 23.8 Å². The summed E-state index contributed by atoms with van der Waals surface area (Å²) < 4.78 is 5.33. The quantitative estimate of drug-likeness (QED) is 0.885. The third kappa shape index (κ3) is 2.78. The molecule has 0 spiro atoms. The third-order valence-corrected chi connectivity index (χ3v) is 4.61. The van der Waals surface area contributed by atoms with E-state index in [0.29, 0.717) is 12.0 Å². The highest BCUT2D eigenvalue weighted by Crippen LogP contribution is 2.40. The Morgan fingerprint density at radius 3 is 3.00 bits per heavy atom. The second kappa shape index (κ2) is 5.78. The minimum Gasteiger partial charge on any atom is -0.497 e. The zero-order valence-electron chi connectivity index (χ0n) is 10.8. The molecule has 1 aliphatic rings. The minimum atomic E-state index is 0.473. The standard InChI is InChI=1S/C14H21NOS/c1-4-7-15-14-10(2)9-17-13-6-5-11(16-3)8-12(13)14/h5-6,8,10,14-15H,4,7,9H2,1-3H3. The van der Waals surface area contributed by atoms with Crippen LogP contribution < -0.4 is 10.1 Å². The summed E-state index contributed by atoms with van der Waals surface area (Å²) in [4.78, 5) is 1.40. The van der Waals surface area contributed by atoms with Gasteiger partial charge in [-0.05, 0) is 42.6 Å². The van der Waals surface area contributed by atoms with E-state index in [1.807, 2.05) is 11.8 Å². The van der Waals surface area contributed by atoms with Crippen LogP contribution in [0.15, 0.2) is 23.1 Å². The molecule has 0 radical (unpaired) electrons. The van der Waals surface area contributed by atoms with Crippen molar-refractivity contribution < 1.29 is 4.74 Å². The second-order valence-electron chi connectivity index (χ2n) is 4.62. The van der Waals surface area contributed by atoms with Crippen molar-refractivity contribution in [2.24, 2.45) is 5.92 Å². The molecule has 17 heavy (non-hydrogen) atoms. The Morgan fingerprint density at radius 1 is 1.47 bits per heavy atom. The van der Waals surface area contributed by atoms with Gasteiger partial charge < -0.3 is 10.1 Å². The van der Waals surface area contributed by atoms with Gasteiger partial charge in [0.1, 0.15) is 5.75 Å². The molecule has 0 amide bonds. The van der Waals surface area contributed by atoms with Gasteiger partial charge in [-0.15, -0.1) is 11.8 Å². The smallest absolute Gasteiger partial charge is 0.119 e. The zero-order valence-corrected chi connectivity index (χ0v) is 11.6. The molecule has 3 heteroatoms. The SMILES string of the molecule is CCCNC1c2cc(OC)ccc2SCC1C. The summed E-state index contributed by atoms with van der Waals surface area (Å²) in [5.41, 5.74) is 1.40. The molecule has 94 valence electrons. The Labute approximate surface area is 108 Å². The van der Waals surface area contributed by atoms with Crippen LogP contribution in [0.3, 0.4) is 0 Å². The maximum absolute atomic E-state index is 5.33. The average Bonchev–Trinajstić information content (AvgIpc) is 2.37. The van der Waals surface area contributed by atoms with Crippen LogP contribution in [0.1, 0.15) is 31.9 Å². The Bertz CT molecular complexity index is 380. The fourth-order valence-corrected chi connectivity index (χ4v) is 3.41. The molecule has 0 aliphatic carbocycles. The molecule has 1 aliphatic heterocycles. The van der Waals surface area contributed by atoms with E-state index in [4.69, 9.17) is 4.74 Å². The first kappa shape index (κ1) is 12.8. The van der Waals surface area contributed by atoms with Crippen LogP contribution in [0, 0.1) is 5.92 Å². The lowest BCUT2D eigenvalue weighted by Gasteiger charge is -2.32. The highest BCUT2D eigenvalue weighted by molar-refractivity contribution is 7.99. The first-order chi connectivity index (χ1) is 8.26. The molecule has 0 aromatic heterocycles. The highest BCUT2D eigenvalue weighted by atomic mass is 32.2. The molecule has 1 aromatic carbocycles. The number of hydrogen-bond donors (Lipinski definition) is 1. The number of nitrogens with one attached hydrogen (secondary N) is 1. The van der Waals surface area contributed by atoms with E-state index in [1.54, 1.807) is 7.11 Å². The number of thioether (sulfide) groups is 1. The van der Waals surface area contributed by atoms with Gasteiger partial charge in [0, 0.05) is 16.7 Å². The summed E-state index contributed by atoms with van der Waals surface area (Å²) in [6, 6.07) is 6.90. The van der Waals surface area contributed by atoms with Gasteiger partial charge in [-0.2, -0.15) is 0 Å². The lowest BCUT2D eigenvalue weighted by atomic mass is 9.95. The first-order valence-electron chi connectivity index (χ1n) is 6.30. The number of benzene rings is 1. The number of ether oxygens (including phenoxy) is 1. The average molecular weight is 251 g/mol. The summed E-state index contributed by atoms with van der Waals surface area (Å²) >= 11 is 1.96. The Kier molecular flexibility index (Phi) is 4.35. The minimum absolute atomic E-state index is 0.473. The molecule has 2 atom stereocenters. The molecule has 1 heterocycles. The predicted molar refractivity (Wildman–Crippen MR) is 73.9 cm³/mol. The van der Waals surface area contributed by atoms with Gasteiger partial charge in [0.2, 0.25) is 0 Å². The summed E-state index contributed by atoms with van der Waals surface area (Å²) in [7, 11) is 1.73. The second-order valence-corrected chi connectivity index (χ2v) is 5.69. The number of hydrogen-bond acceptors (Lipinski definition) is 3. The fraction of sp³-hybridized carbons (Fsp3) is 0.571. The lowest BCUT2D eigenvalue weighted by molar-refractivity contribution is 0.394. The van der Waals surface area contributed by atoms with Gasteiger partial charge in [-0.25, -0.2) is 0 Å². The van der Waals surface area contributed by atoms with Gasteiger partial charge >= 0.3 is 0 Å². The monoisotopic (exact) mass is 251 g/mol. The summed E-state index contributed by atoms with van der Waals surface area (Å²) in [6.45, 7) is 5.61. The van der Waals surface area contributed by atoms with Crippen LogP contribution in [0.25, 0.3) is 0 Å². The van der Waals surface area contributed by atoms with Crippen molar-refractivity contribution in [1.82, 2.24) is 5.32 Å². The van der Waals surface area contributed by atoms with Gasteiger partial charge in [-0.1, -0.05) is 13.8 Å². The van der Waals surface area contributed by atoms with Crippen LogP contribution >= 0.6 is 11.8 Å². The van der Waals surface area contributed by atoms with Crippen molar-refractivity contribution in [3.8, 4) is 5.75 Å². The normalized spacial score (nSPS) is 23.2. The summed E-state index contributed by atoms with van der Waals surface area (Å²) in [5.74, 6) is 2.83. The Hall–Kier alpha value is -0.670. The fourth-order valence-electron chi connectivity index (χ4n) is 2.26. The van der Waals surface area contributed by atoms with Gasteiger partial charge in [0.15, 0.2) is 0 Å². The van der Waals surface area contributed by atoms with Crippen LogP contribution in [0.5, 0.6) is 5.75 Å². The van der Waals surface area contributed by atoms with E-state index in [1.165, 1.54) is 22.6 Å². The highest BCUT2D eigenvalue weighted by Gasteiger charge is 2.26. The van der Waals surface area contributed by atoms with Crippen molar-refractivity contribution in [1.29, 1.82) is 0 Å². The van der Waals surface area contributed by atoms with E-state index < -0.39 is 0 Å². The lowest BCUT2D eigenvalue weighted by Crippen LogP contribution is -2.31. The van der Waals surface area contributed by atoms with E-state index >= 15 is 0 Å². The first-order valence-corrected chi connectivity index (χ1v) is 7.29. The molecule has 0 bridgehead atoms. The zero-order chi connectivity index (χ0) is 12.3. The van der Waals surface area contributed by atoms with Crippen molar-refractivity contribution in [2.45, 2.75) is 31.2 Å². The van der Waals surface area contributed by atoms with Gasteiger partial charge in [0.25, 0.3) is 0 Å². The maximum atomic E-state index is 5.33. The number of methoxy groups -OCH3 is 1. The maximum Gasteiger partial charge on any atom is 0.119 e. The Balaban J connectivity index is 2.27. The molecular formula is C14H21NOS. The number of fused-ring (bicyclic) bond motifs is 1. The van der Waals surface area contributed by atoms with Crippen LogP contribution in [-0.2, 0) is 0 Å². The third-order valence-electron chi connectivity index (χ3n) is 3.24. The molecule has 2 nitrogen and oxygen atoms in total. The molecule has 1 N–H and O–H groups in total. The van der Waals surface area contributed by atoms with E-state index in [9.17, 15) is 0 Å². The molecular weight excluding hydrogens is 230 g/mol. The van der Waals surface area contributed by atoms with Crippen molar-refractivity contribution in [2.75, 3.05) is 19.4 Å². The molecule has 2 rings (SSSR count). The molecule has 0 saturated carbocycles. The number of rotatable bonds is 4. The summed E-state index contributed by atoms with van der Waals surface area (Å²) in [6.07, 6.45) is 1.18.